The molecule has 0 aliphatic carbocycles. The van der Waals surface area contributed by atoms with Crippen molar-refractivity contribution in [2.75, 3.05) is 4.90 Å². The molecule has 9 rings (SSSR count). The Labute approximate surface area is 279 Å². The summed E-state index contributed by atoms with van der Waals surface area (Å²) in [5, 5.41) is 6.02. The Hall–Kier alpha value is -6.38. The van der Waals surface area contributed by atoms with Gasteiger partial charge in [-0.2, -0.15) is 0 Å². The number of benzene rings is 8. The van der Waals surface area contributed by atoms with Crippen molar-refractivity contribution in [3.05, 3.63) is 188 Å². The molecule has 0 amide bonds. The number of nitrogens with zero attached hydrogens (tertiary/aromatic N) is 1. The van der Waals surface area contributed by atoms with E-state index >= 15 is 0 Å². The molecule has 2 heteroatoms. The van der Waals surface area contributed by atoms with E-state index in [0.29, 0.717) is 0 Å². The van der Waals surface area contributed by atoms with Crippen LogP contribution in [-0.2, 0) is 0 Å². The Morgan fingerprint density at radius 2 is 0.958 bits per heavy atom. The average Bonchev–Trinajstić information content (AvgIpc) is 3.60. The summed E-state index contributed by atoms with van der Waals surface area (Å²) in [6.07, 6.45) is 0. The lowest BCUT2D eigenvalue weighted by atomic mass is 9.96. The van der Waals surface area contributed by atoms with Crippen LogP contribution in [0.3, 0.4) is 0 Å². The number of furan rings is 1. The average molecular weight is 614 g/mol. The van der Waals surface area contributed by atoms with Crippen LogP contribution in [0.15, 0.2) is 192 Å². The van der Waals surface area contributed by atoms with Gasteiger partial charge in [-0.25, -0.2) is 0 Å². The van der Waals surface area contributed by atoms with Gasteiger partial charge in [0.05, 0.1) is 5.69 Å². The Balaban J connectivity index is 1.32. The maximum atomic E-state index is 6.49. The van der Waals surface area contributed by atoms with Crippen LogP contribution in [0.2, 0.25) is 0 Å². The second kappa shape index (κ2) is 11.8. The van der Waals surface area contributed by atoms with Crippen molar-refractivity contribution < 1.29 is 4.42 Å². The molecule has 0 bridgehead atoms. The number of para-hydroxylation sites is 2. The molecule has 0 radical (unpaired) electrons. The Kier molecular flexibility index (Phi) is 6.84. The first-order chi connectivity index (χ1) is 23.8. The van der Waals surface area contributed by atoms with Crippen molar-refractivity contribution in [1.82, 2.24) is 0 Å². The zero-order chi connectivity index (χ0) is 31.9. The van der Waals surface area contributed by atoms with Crippen LogP contribution in [0.4, 0.5) is 17.1 Å². The van der Waals surface area contributed by atoms with Crippen molar-refractivity contribution in [3.63, 3.8) is 0 Å². The molecular weight excluding hydrogens is 583 g/mol. The van der Waals surface area contributed by atoms with Crippen molar-refractivity contribution in [2.45, 2.75) is 0 Å². The van der Waals surface area contributed by atoms with E-state index in [2.05, 4.69) is 181 Å². The second-order valence-electron chi connectivity index (χ2n) is 12.2. The molecule has 48 heavy (non-hydrogen) atoms. The molecule has 0 spiro atoms. The molecule has 0 unspecified atom stereocenters. The molecule has 9 aromatic rings. The van der Waals surface area contributed by atoms with Gasteiger partial charge in [0.1, 0.15) is 11.3 Å². The molecular formula is C46H31NO. The zero-order valence-corrected chi connectivity index (χ0v) is 26.3. The number of rotatable bonds is 6. The first-order valence-electron chi connectivity index (χ1n) is 16.3. The SMILES string of the molecule is c1ccc(-c2cc(-c3ccccc3)cc(N(c3ccc4c(ccc5ccccc54)c3)c3ccccc3-c3cc4ccccc4o3)c2)cc1. The third-order valence-electron chi connectivity index (χ3n) is 9.21. The van der Waals surface area contributed by atoms with Gasteiger partial charge in [-0.05, 0) is 98.4 Å². The fourth-order valence-corrected chi connectivity index (χ4v) is 6.89. The minimum Gasteiger partial charge on any atom is -0.456 e. The Bertz CT molecular complexity index is 2470. The maximum Gasteiger partial charge on any atom is 0.137 e. The molecule has 0 fully saturated rings. The molecule has 0 atom stereocenters. The summed E-state index contributed by atoms with van der Waals surface area (Å²) in [5.41, 5.74) is 9.75. The van der Waals surface area contributed by atoms with Crippen molar-refractivity contribution >= 4 is 49.6 Å². The summed E-state index contributed by atoms with van der Waals surface area (Å²) in [5.74, 6) is 0.839. The van der Waals surface area contributed by atoms with Crippen LogP contribution in [-0.4, -0.2) is 0 Å². The first-order valence-corrected chi connectivity index (χ1v) is 16.3. The normalized spacial score (nSPS) is 11.3. The summed E-state index contributed by atoms with van der Waals surface area (Å²) >= 11 is 0. The first kappa shape index (κ1) is 27.9. The smallest absolute Gasteiger partial charge is 0.137 e. The van der Waals surface area contributed by atoms with Gasteiger partial charge in [0.2, 0.25) is 0 Å². The van der Waals surface area contributed by atoms with E-state index in [4.69, 9.17) is 4.42 Å². The van der Waals surface area contributed by atoms with Gasteiger partial charge < -0.3 is 9.32 Å². The molecule has 0 saturated heterocycles. The van der Waals surface area contributed by atoms with Crippen LogP contribution in [0.1, 0.15) is 0 Å². The number of fused-ring (bicyclic) bond motifs is 4. The number of hydrogen-bond donors (Lipinski definition) is 0. The Morgan fingerprint density at radius 3 is 1.71 bits per heavy atom. The highest BCUT2D eigenvalue weighted by Crippen LogP contribution is 2.45. The van der Waals surface area contributed by atoms with Crippen molar-refractivity contribution in [3.8, 4) is 33.6 Å². The van der Waals surface area contributed by atoms with Gasteiger partial charge in [-0.3, -0.25) is 0 Å². The van der Waals surface area contributed by atoms with E-state index in [1.807, 2.05) is 12.1 Å². The molecule has 0 aliphatic heterocycles. The predicted molar refractivity (Wildman–Crippen MR) is 202 cm³/mol. The van der Waals surface area contributed by atoms with Crippen LogP contribution < -0.4 is 4.90 Å². The summed E-state index contributed by atoms with van der Waals surface area (Å²) in [6, 6.07) is 67.0. The predicted octanol–water partition coefficient (Wildman–Crippen LogP) is 13.2. The third-order valence-corrected chi connectivity index (χ3v) is 9.21. The molecule has 0 aliphatic rings. The van der Waals surface area contributed by atoms with Gasteiger partial charge in [-0.1, -0.05) is 133 Å². The monoisotopic (exact) mass is 613 g/mol. The van der Waals surface area contributed by atoms with E-state index in [1.165, 1.54) is 32.7 Å². The van der Waals surface area contributed by atoms with Gasteiger partial charge >= 0.3 is 0 Å². The highest BCUT2D eigenvalue weighted by Gasteiger charge is 2.21. The van der Waals surface area contributed by atoms with Crippen LogP contribution in [0, 0.1) is 0 Å². The fraction of sp³-hybridized carbons (Fsp3) is 0. The summed E-state index contributed by atoms with van der Waals surface area (Å²) in [6.45, 7) is 0. The van der Waals surface area contributed by atoms with E-state index in [-0.39, 0.29) is 0 Å². The molecule has 1 aromatic heterocycles. The molecule has 8 aromatic carbocycles. The molecule has 226 valence electrons. The highest BCUT2D eigenvalue weighted by atomic mass is 16.3. The topological polar surface area (TPSA) is 16.4 Å². The summed E-state index contributed by atoms with van der Waals surface area (Å²) in [7, 11) is 0. The lowest BCUT2D eigenvalue weighted by Crippen LogP contribution is -2.11. The van der Waals surface area contributed by atoms with Crippen LogP contribution in [0.5, 0.6) is 0 Å². The summed E-state index contributed by atoms with van der Waals surface area (Å²) in [4.78, 5) is 2.38. The fourth-order valence-electron chi connectivity index (χ4n) is 6.89. The lowest BCUT2D eigenvalue weighted by molar-refractivity contribution is 0.631. The Morgan fingerprint density at radius 1 is 0.354 bits per heavy atom. The number of hydrogen-bond acceptors (Lipinski definition) is 2. The maximum absolute atomic E-state index is 6.49. The van der Waals surface area contributed by atoms with Gasteiger partial charge in [0.15, 0.2) is 0 Å². The zero-order valence-electron chi connectivity index (χ0n) is 26.3. The minimum atomic E-state index is 0.839. The standard InChI is InChI=1S/C46H31NO/c1-3-13-32(14-4-1)37-27-38(33-15-5-2-6-16-33)30-40(29-37)47(39-25-26-42-35(28-39)24-23-34-17-7-9-19-41(34)42)44-21-11-10-20-43(44)46-31-36-18-8-12-22-45(36)48-46/h1-31H. The van der Waals surface area contributed by atoms with Crippen LogP contribution >= 0.6 is 0 Å². The lowest BCUT2D eigenvalue weighted by Gasteiger charge is -2.29. The van der Waals surface area contributed by atoms with E-state index in [0.717, 1.165) is 50.5 Å². The second-order valence-corrected chi connectivity index (χ2v) is 12.2. The van der Waals surface area contributed by atoms with E-state index < -0.39 is 0 Å². The molecule has 0 N–H and O–H groups in total. The van der Waals surface area contributed by atoms with Gasteiger partial charge in [-0.15, -0.1) is 0 Å². The molecule has 0 saturated carbocycles. The molecule has 1 heterocycles. The minimum absolute atomic E-state index is 0.839. The summed E-state index contributed by atoms with van der Waals surface area (Å²) < 4.78 is 6.49. The largest absolute Gasteiger partial charge is 0.456 e. The van der Waals surface area contributed by atoms with E-state index in [9.17, 15) is 0 Å². The van der Waals surface area contributed by atoms with Crippen molar-refractivity contribution in [2.24, 2.45) is 0 Å². The van der Waals surface area contributed by atoms with Crippen LogP contribution in [0.25, 0.3) is 66.1 Å². The van der Waals surface area contributed by atoms with Gasteiger partial charge in [0, 0.05) is 22.3 Å². The van der Waals surface area contributed by atoms with E-state index in [1.54, 1.807) is 0 Å². The number of anilines is 3. The highest BCUT2D eigenvalue weighted by molar-refractivity contribution is 6.09. The van der Waals surface area contributed by atoms with Crippen molar-refractivity contribution in [1.29, 1.82) is 0 Å². The van der Waals surface area contributed by atoms with Gasteiger partial charge in [0.25, 0.3) is 0 Å². The third kappa shape index (κ3) is 5.01. The molecule has 2 nitrogen and oxygen atoms in total. The quantitative estimate of drug-likeness (QED) is 0.174.